The second-order valence-electron chi connectivity index (χ2n) is 8.47. The van der Waals surface area contributed by atoms with Gasteiger partial charge in [0.1, 0.15) is 0 Å². The Kier molecular flexibility index (Phi) is 13.9. The van der Waals surface area contributed by atoms with Crippen LogP contribution < -0.4 is 0 Å². The molecule has 0 spiro atoms. The predicted molar refractivity (Wildman–Crippen MR) is 124 cm³/mol. The van der Waals surface area contributed by atoms with E-state index in [0.29, 0.717) is 12.8 Å². The molecule has 1 rings (SSSR count). The first-order chi connectivity index (χ1) is 14.5. The Morgan fingerprint density at radius 3 is 1.17 bits per heavy atom. The van der Waals surface area contributed by atoms with Gasteiger partial charge in [-0.3, -0.25) is 0 Å². The molecule has 1 aromatic rings. The lowest BCUT2D eigenvalue weighted by atomic mass is 9.88. The molecule has 0 aliphatic carbocycles. The Balaban J connectivity index is 2.78. The average molecular weight is 419 g/mol. The normalized spacial score (nSPS) is 11.0. The Hall–Kier alpha value is -1.84. The molecule has 0 aliphatic rings. The standard InChI is InChI=1S/C26H42O4/c1-3-5-7-9-11-13-15-17-21-22(18-16-14-12-10-8-6-4-2)24(26(29)30)20-19-23(21)25(27)28/h19-20H,3-18H2,1-2H3,(H,27,28)(H,29,30). The first-order valence-corrected chi connectivity index (χ1v) is 12.1. The summed E-state index contributed by atoms with van der Waals surface area (Å²) in [6.07, 6.45) is 17.6. The van der Waals surface area contributed by atoms with E-state index in [-0.39, 0.29) is 11.1 Å². The van der Waals surface area contributed by atoms with Crippen LogP contribution in [0.4, 0.5) is 0 Å². The van der Waals surface area contributed by atoms with Gasteiger partial charge in [0.05, 0.1) is 11.1 Å². The summed E-state index contributed by atoms with van der Waals surface area (Å²) in [5.41, 5.74) is 2.07. The van der Waals surface area contributed by atoms with Crippen molar-refractivity contribution >= 4 is 11.9 Å². The maximum Gasteiger partial charge on any atom is 0.335 e. The summed E-state index contributed by atoms with van der Waals surface area (Å²) >= 11 is 0. The van der Waals surface area contributed by atoms with E-state index in [9.17, 15) is 19.8 Å². The number of rotatable bonds is 18. The van der Waals surface area contributed by atoms with Gasteiger partial charge in [-0.05, 0) is 48.9 Å². The summed E-state index contributed by atoms with van der Waals surface area (Å²) in [5.74, 6) is -1.91. The minimum atomic E-state index is -0.953. The third-order valence-corrected chi connectivity index (χ3v) is 5.95. The topological polar surface area (TPSA) is 74.6 Å². The number of carbonyl (C=O) groups is 2. The van der Waals surface area contributed by atoms with Crippen LogP contribution in [-0.2, 0) is 12.8 Å². The van der Waals surface area contributed by atoms with Crippen LogP contribution in [0, 0.1) is 0 Å². The van der Waals surface area contributed by atoms with Crippen LogP contribution >= 0.6 is 0 Å². The number of hydrogen-bond donors (Lipinski definition) is 2. The number of benzene rings is 1. The quantitative estimate of drug-likeness (QED) is 0.240. The van der Waals surface area contributed by atoms with Gasteiger partial charge in [-0.1, -0.05) is 90.9 Å². The van der Waals surface area contributed by atoms with Crippen molar-refractivity contribution in [2.24, 2.45) is 0 Å². The molecule has 4 heteroatoms. The van der Waals surface area contributed by atoms with Crippen LogP contribution in [0.25, 0.3) is 0 Å². The maximum atomic E-state index is 11.8. The number of hydrogen-bond acceptors (Lipinski definition) is 2. The van der Waals surface area contributed by atoms with Crippen LogP contribution in [0.15, 0.2) is 12.1 Å². The van der Waals surface area contributed by atoms with Gasteiger partial charge in [0.15, 0.2) is 0 Å². The van der Waals surface area contributed by atoms with E-state index in [1.165, 1.54) is 63.5 Å². The van der Waals surface area contributed by atoms with E-state index in [1.807, 2.05) is 0 Å². The third kappa shape index (κ3) is 9.77. The van der Waals surface area contributed by atoms with E-state index in [0.717, 1.165) is 49.7 Å². The highest BCUT2D eigenvalue weighted by atomic mass is 16.4. The molecule has 30 heavy (non-hydrogen) atoms. The van der Waals surface area contributed by atoms with Crippen LogP contribution in [-0.4, -0.2) is 22.2 Å². The van der Waals surface area contributed by atoms with Gasteiger partial charge >= 0.3 is 11.9 Å². The lowest BCUT2D eigenvalue weighted by molar-refractivity contribution is 0.0679. The number of carboxylic acid groups (broad SMARTS) is 2. The molecule has 0 aliphatic heterocycles. The summed E-state index contributed by atoms with van der Waals surface area (Å²) in [7, 11) is 0. The van der Waals surface area contributed by atoms with Crippen molar-refractivity contribution < 1.29 is 19.8 Å². The Bertz CT molecular complexity index is 581. The molecule has 0 atom stereocenters. The first kappa shape index (κ1) is 26.2. The zero-order chi connectivity index (χ0) is 22.2. The smallest absolute Gasteiger partial charge is 0.335 e. The maximum absolute atomic E-state index is 11.8. The highest BCUT2D eigenvalue weighted by molar-refractivity contribution is 5.95. The van der Waals surface area contributed by atoms with Crippen molar-refractivity contribution in [3.05, 3.63) is 34.4 Å². The third-order valence-electron chi connectivity index (χ3n) is 5.95. The molecule has 0 fully saturated rings. The Morgan fingerprint density at radius 2 is 0.867 bits per heavy atom. The van der Waals surface area contributed by atoms with Crippen molar-refractivity contribution in [2.45, 2.75) is 117 Å². The molecule has 2 N–H and O–H groups in total. The molecule has 0 bridgehead atoms. The second kappa shape index (κ2) is 15.9. The molecule has 0 heterocycles. The first-order valence-electron chi connectivity index (χ1n) is 12.1. The fourth-order valence-corrected chi connectivity index (χ4v) is 4.18. The Labute approximate surface area is 183 Å². The molecule has 0 saturated carbocycles. The van der Waals surface area contributed by atoms with Gasteiger partial charge < -0.3 is 10.2 Å². The van der Waals surface area contributed by atoms with Crippen molar-refractivity contribution in [2.75, 3.05) is 0 Å². The summed E-state index contributed by atoms with van der Waals surface area (Å²) in [6, 6.07) is 2.97. The largest absolute Gasteiger partial charge is 0.478 e. The fourth-order valence-electron chi connectivity index (χ4n) is 4.18. The molecule has 0 saturated heterocycles. The Morgan fingerprint density at radius 1 is 0.567 bits per heavy atom. The van der Waals surface area contributed by atoms with Crippen molar-refractivity contribution in [3.63, 3.8) is 0 Å². The van der Waals surface area contributed by atoms with Gasteiger partial charge in [-0.25, -0.2) is 9.59 Å². The monoisotopic (exact) mass is 418 g/mol. The minimum Gasteiger partial charge on any atom is -0.478 e. The van der Waals surface area contributed by atoms with Crippen LogP contribution in [0.2, 0.25) is 0 Å². The molecule has 0 radical (unpaired) electrons. The molecule has 0 unspecified atom stereocenters. The molecule has 0 aromatic heterocycles. The number of aromatic carboxylic acids is 2. The lowest BCUT2D eigenvalue weighted by Crippen LogP contribution is -2.12. The summed E-state index contributed by atoms with van der Waals surface area (Å²) < 4.78 is 0. The van der Waals surface area contributed by atoms with E-state index in [1.54, 1.807) is 0 Å². The second-order valence-corrected chi connectivity index (χ2v) is 8.47. The van der Waals surface area contributed by atoms with Crippen molar-refractivity contribution in [3.8, 4) is 0 Å². The highest BCUT2D eigenvalue weighted by Gasteiger charge is 2.20. The van der Waals surface area contributed by atoms with Crippen LogP contribution in [0.3, 0.4) is 0 Å². The van der Waals surface area contributed by atoms with E-state index < -0.39 is 11.9 Å². The van der Waals surface area contributed by atoms with Crippen LogP contribution in [0.1, 0.15) is 136 Å². The predicted octanol–water partition coefficient (Wildman–Crippen LogP) is 7.67. The summed E-state index contributed by atoms with van der Waals surface area (Å²) in [5, 5.41) is 19.3. The molecule has 0 amide bonds. The fraction of sp³-hybridized carbons (Fsp3) is 0.692. The van der Waals surface area contributed by atoms with Crippen molar-refractivity contribution in [1.29, 1.82) is 0 Å². The summed E-state index contributed by atoms with van der Waals surface area (Å²) in [4.78, 5) is 23.6. The van der Waals surface area contributed by atoms with E-state index in [4.69, 9.17) is 0 Å². The molecule has 4 nitrogen and oxygen atoms in total. The number of unbranched alkanes of at least 4 members (excludes halogenated alkanes) is 12. The van der Waals surface area contributed by atoms with Gasteiger partial charge in [0.2, 0.25) is 0 Å². The van der Waals surface area contributed by atoms with Gasteiger partial charge in [0.25, 0.3) is 0 Å². The molecule has 1 aromatic carbocycles. The minimum absolute atomic E-state index is 0.281. The van der Waals surface area contributed by atoms with Gasteiger partial charge in [-0.15, -0.1) is 0 Å². The SMILES string of the molecule is CCCCCCCCCc1c(C(=O)O)ccc(C(=O)O)c1CCCCCCCCC. The molecule has 170 valence electrons. The zero-order valence-electron chi connectivity index (χ0n) is 19.2. The van der Waals surface area contributed by atoms with Gasteiger partial charge in [0, 0.05) is 0 Å². The highest BCUT2D eigenvalue weighted by Crippen LogP contribution is 2.25. The van der Waals surface area contributed by atoms with Gasteiger partial charge in [-0.2, -0.15) is 0 Å². The van der Waals surface area contributed by atoms with Crippen LogP contribution in [0.5, 0.6) is 0 Å². The molecular formula is C26H42O4. The number of carboxylic acids is 2. The van der Waals surface area contributed by atoms with E-state index >= 15 is 0 Å². The molecular weight excluding hydrogens is 376 g/mol. The average Bonchev–Trinajstić information content (AvgIpc) is 2.72. The zero-order valence-corrected chi connectivity index (χ0v) is 19.2. The van der Waals surface area contributed by atoms with E-state index in [2.05, 4.69) is 13.8 Å². The summed E-state index contributed by atoms with van der Waals surface area (Å²) in [6.45, 7) is 4.41. The lowest BCUT2D eigenvalue weighted by Gasteiger charge is -2.16. The van der Waals surface area contributed by atoms with Crippen molar-refractivity contribution in [1.82, 2.24) is 0 Å².